The number of halogens is 1. The molecule has 0 fully saturated rings. The summed E-state index contributed by atoms with van der Waals surface area (Å²) in [5, 5.41) is 0.785. The third-order valence-electron chi connectivity index (χ3n) is 2.89. The first-order valence-electron chi connectivity index (χ1n) is 7.24. The molecule has 0 spiro atoms. The molecule has 0 saturated carbocycles. The van der Waals surface area contributed by atoms with E-state index in [4.69, 9.17) is 20.5 Å². The van der Waals surface area contributed by atoms with Crippen LogP contribution in [0.4, 0.5) is 0 Å². The van der Waals surface area contributed by atoms with Crippen molar-refractivity contribution in [3.8, 4) is 0 Å². The molecule has 0 N–H and O–H groups in total. The van der Waals surface area contributed by atoms with E-state index >= 15 is 0 Å². The Labute approximate surface area is 123 Å². The minimum atomic E-state index is -1.60. The van der Waals surface area contributed by atoms with E-state index < -0.39 is 9.28 Å². The Hall–Kier alpha value is -0.353. The maximum atomic E-state index is 6.02. The summed E-state index contributed by atoms with van der Waals surface area (Å²) in [7, 11) is -1.60. The zero-order chi connectivity index (χ0) is 13.9. The van der Waals surface area contributed by atoms with Crippen LogP contribution in [-0.2, 0) is 14.9 Å². The van der Waals surface area contributed by atoms with Crippen molar-refractivity contribution in [1.29, 1.82) is 0 Å². The molecule has 0 amide bonds. The lowest BCUT2D eigenvalue weighted by Crippen LogP contribution is -2.27. The van der Waals surface area contributed by atoms with Gasteiger partial charge in [0.05, 0.1) is 0 Å². The van der Waals surface area contributed by atoms with Gasteiger partial charge < -0.3 is 8.85 Å². The molecule has 0 saturated heterocycles. The lowest BCUT2D eigenvalue weighted by atomic mass is 10.2. The van der Waals surface area contributed by atoms with Crippen molar-refractivity contribution in [1.82, 2.24) is 0 Å². The van der Waals surface area contributed by atoms with E-state index in [1.165, 1.54) is 5.56 Å². The lowest BCUT2D eigenvalue weighted by molar-refractivity contribution is 0.191. The first-order chi connectivity index (χ1) is 9.26. The molecule has 19 heavy (non-hydrogen) atoms. The smallest absolute Gasteiger partial charge is 0.325 e. The molecular formula is C15H25ClO2Si. The van der Waals surface area contributed by atoms with Crippen molar-refractivity contribution in [2.24, 2.45) is 0 Å². The number of hydrogen-bond donors (Lipinski definition) is 0. The zero-order valence-corrected chi connectivity index (χ0v) is 13.9. The fourth-order valence-electron chi connectivity index (χ4n) is 1.74. The van der Waals surface area contributed by atoms with Crippen LogP contribution in [0.5, 0.6) is 0 Å². The minimum absolute atomic E-state index is 0.785. The van der Waals surface area contributed by atoms with E-state index in [-0.39, 0.29) is 0 Å². The molecular weight excluding hydrogens is 276 g/mol. The Morgan fingerprint density at radius 2 is 1.68 bits per heavy atom. The van der Waals surface area contributed by atoms with Crippen molar-refractivity contribution >= 4 is 20.9 Å². The van der Waals surface area contributed by atoms with Crippen LogP contribution < -0.4 is 0 Å². The molecule has 0 aliphatic rings. The summed E-state index contributed by atoms with van der Waals surface area (Å²) in [5.41, 5.74) is 1.22. The molecule has 4 heteroatoms. The molecule has 2 nitrogen and oxygen atoms in total. The Balaban J connectivity index is 2.46. The zero-order valence-electron chi connectivity index (χ0n) is 12.0. The van der Waals surface area contributed by atoms with E-state index in [1.54, 1.807) is 0 Å². The van der Waals surface area contributed by atoms with E-state index in [0.717, 1.165) is 50.0 Å². The average Bonchev–Trinajstić information content (AvgIpc) is 2.39. The summed E-state index contributed by atoms with van der Waals surface area (Å²) in [6.07, 6.45) is 4.53. The van der Waals surface area contributed by atoms with Gasteiger partial charge in [-0.15, -0.1) is 0 Å². The number of benzene rings is 1. The SMILES string of the molecule is CCCCO[SiH](Cc1cccc(Cl)c1)OCCCC. The molecule has 108 valence electrons. The monoisotopic (exact) mass is 300 g/mol. The highest BCUT2D eigenvalue weighted by Gasteiger charge is 2.14. The summed E-state index contributed by atoms with van der Waals surface area (Å²) in [5.74, 6) is 0. The predicted molar refractivity (Wildman–Crippen MR) is 84.0 cm³/mol. The first-order valence-corrected chi connectivity index (χ1v) is 9.37. The maximum Gasteiger partial charge on any atom is 0.325 e. The van der Waals surface area contributed by atoms with Crippen molar-refractivity contribution in [3.05, 3.63) is 34.9 Å². The van der Waals surface area contributed by atoms with E-state index in [2.05, 4.69) is 19.9 Å². The van der Waals surface area contributed by atoms with E-state index in [9.17, 15) is 0 Å². The topological polar surface area (TPSA) is 18.5 Å². The maximum absolute atomic E-state index is 6.02. The second-order valence-electron chi connectivity index (χ2n) is 4.71. The van der Waals surface area contributed by atoms with Gasteiger partial charge in [0.2, 0.25) is 0 Å². The number of hydrogen-bond acceptors (Lipinski definition) is 2. The van der Waals surface area contributed by atoms with Crippen LogP contribution in [0, 0.1) is 0 Å². The summed E-state index contributed by atoms with van der Waals surface area (Å²) in [6.45, 7) is 5.99. The van der Waals surface area contributed by atoms with Gasteiger partial charge in [-0.25, -0.2) is 0 Å². The minimum Gasteiger partial charge on any atom is -0.396 e. The van der Waals surface area contributed by atoms with Crippen LogP contribution in [0.3, 0.4) is 0 Å². The largest absolute Gasteiger partial charge is 0.396 e. The predicted octanol–water partition coefficient (Wildman–Crippen LogP) is 4.28. The van der Waals surface area contributed by atoms with Gasteiger partial charge in [0, 0.05) is 24.3 Å². The van der Waals surface area contributed by atoms with Crippen molar-refractivity contribution in [3.63, 3.8) is 0 Å². The number of rotatable bonds is 10. The van der Waals surface area contributed by atoms with Gasteiger partial charge >= 0.3 is 9.28 Å². The standard InChI is InChI=1S/C15H25ClO2Si/c1-3-5-10-17-19(18-11-6-4-2)13-14-8-7-9-15(16)12-14/h7-9,12,19H,3-6,10-11,13H2,1-2H3. The molecule has 1 aromatic rings. The highest BCUT2D eigenvalue weighted by Crippen LogP contribution is 2.13. The van der Waals surface area contributed by atoms with Crippen molar-refractivity contribution < 1.29 is 8.85 Å². The highest BCUT2D eigenvalue weighted by molar-refractivity contribution is 6.43. The van der Waals surface area contributed by atoms with Gasteiger partial charge in [-0.3, -0.25) is 0 Å². The summed E-state index contributed by atoms with van der Waals surface area (Å²) in [4.78, 5) is 0. The van der Waals surface area contributed by atoms with Gasteiger partial charge in [0.1, 0.15) is 0 Å². The fourth-order valence-corrected chi connectivity index (χ4v) is 3.78. The second kappa shape index (κ2) is 10.4. The molecule has 0 heterocycles. The van der Waals surface area contributed by atoms with Crippen molar-refractivity contribution in [2.45, 2.75) is 45.6 Å². The number of unbranched alkanes of at least 4 members (excludes halogenated alkanes) is 2. The lowest BCUT2D eigenvalue weighted by Gasteiger charge is -2.17. The molecule has 0 aliphatic heterocycles. The molecule has 0 atom stereocenters. The quantitative estimate of drug-likeness (QED) is 0.474. The third kappa shape index (κ3) is 7.73. The van der Waals surface area contributed by atoms with Crippen LogP contribution in [0.25, 0.3) is 0 Å². The Morgan fingerprint density at radius 3 is 2.21 bits per heavy atom. The normalized spacial score (nSPS) is 11.2. The Bertz CT molecular complexity index is 337. The van der Waals surface area contributed by atoms with Crippen LogP contribution in [0.2, 0.25) is 5.02 Å². The summed E-state index contributed by atoms with van der Waals surface area (Å²) < 4.78 is 11.9. The third-order valence-corrected chi connectivity index (χ3v) is 5.15. The van der Waals surface area contributed by atoms with Crippen molar-refractivity contribution in [2.75, 3.05) is 13.2 Å². The van der Waals surface area contributed by atoms with Gasteiger partial charge in [-0.05, 0) is 30.5 Å². The average molecular weight is 301 g/mol. The van der Waals surface area contributed by atoms with Gasteiger partial charge in [0.15, 0.2) is 0 Å². The van der Waals surface area contributed by atoms with Gasteiger partial charge in [-0.2, -0.15) is 0 Å². The first kappa shape index (κ1) is 16.7. The fraction of sp³-hybridized carbons (Fsp3) is 0.600. The Morgan fingerprint density at radius 1 is 1.05 bits per heavy atom. The van der Waals surface area contributed by atoms with E-state index in [1.807, 2.05) is 18.2 Å². The van der Waals surface area contributed by atoms with E-state index in [0.29, 0.717) is 0 Å². The molecule has 0 aromatic heterocycles. The molecule has 0 radical (unpaired) electrons. The van der Waals surface area contributed by atoms with Gasteiger partial charge in [0.25, 0.3) is 0 Å². The van der Waals surface area contributed by atoms with Crippen LogP contribution in [0.1, 0.15) is 45.1 Å². The molecule has 0 aliphatic carbocycles. The molecule has 1 rings (SSSR count). The van der Waals surface area contributed by atoms with Crippen LogP contribution in [0.15, 0.2) is 24.3 Å². The van der Waals surface area contributed by atoms with Crippen LogP contribution >= 0.6 is 11.6 Å². The van der Waals surface area contributed by atoms with Gasteiger partial charge in [-0.1, -0.05) is 50.4 Å². The second-order valence-corrected chi connectivity index (χ2v) is 7.08. The molecule has 0 bridgehead atoms. The summed E-state index contributed by atoms with van der Waals surface area (Å²) >= 11 is 6.02. The molecule has 0 unspecified atom stereocenters. The van der Waals surface area contributed by atoms with Crippen LogP contribution in [-0.4, -0.2) is 22.5 Å². The Kier molecular flexibility index (Phi) is 9.17. The highest BCUT2D eigenvalue weighted by atomic mass is 35.5. The summed E-state index contributed by atoms with van der Waals surface area (Å²) in [6, 6.07) is 8.89. The molecule has 1 aromatic carbocycles.